The Kier molecular flexibility index (Phi) is 2.65. The molecule has 2 aromatic rings. The van der Waals surface area contributed by atoms with Crippen molar-refractivity contribution in [2.75, 3.05) is 0 Å². The third-order valence-electron chi connectivity index (χ3n) is 3.19. The molecule has 1 atom stereocenters. The summed E-state index contributed by atoms with van der Waals surface area (Å²) in [6.07, 6.45) is 3.12. The molecule has 0 aliphatic carbocycles. The molecule has 1 aromatic heterocycles. The van der Waals surface area contributed by atoms with E-state index >= 15 is 0 Å². The molecule has 2 heterocycles. The molecule has 0 spiro atoms. The fourth-order valence-electron chi connectivity index (χ4n) is 2.35. The van der Waals surface area contributed by atoms with Crippen LogP contribution in [0.25, 0.3) is 11.3 Å². The predicted octanol–water partition coefficient (Wildman–Crippen LogP) is 3.03. The van der Waals surface area contributed by atoms with Crippen molar-refractivity contribution in [1.82, 2.24) is 9.55 Å². The quantitative estimate of drug-likeness (QED) is 0.842. The van der Waals surface area contributed by atoms with Gasteiger partial charge in [-0.05, 0) is 18.9 Å². The fourth-order valence-corrected chi connectivity index (χ4v) is 2.58. The van der Waals surface area contributed by atoms with Crippen LogP contribution in [0.2, 0.25) is 5.02 Å². The fraction of sp³-hybridized carbons (Fsp3) is 0.308. The molecule has 17 heavy (non-hydrogen) atoms. The van der Waals surface area contributed by atoms with E-state index < -0.39 is 6.10 Å². The molecule has 3 rings (SSSR count). The first-order valence-corrected chi connectivity index (χ1v) is 6.13. The molecule has 4 heteroatoms. The molecule has 0 saturated carbocycles. The highest BCUT2D eigenvalue weighted by atomic mass is 35.5. The van der Waals surface area contributed by atoms with Gasteiger partial charge in [0.15, 0.2) is 0 Å². The van der Waals surface area contributed by atoms with Crippen LogP contribution in [0.1, 0.15) is 24.8 Å². The second-order valence-electron chi connectivity index (χ2n) is 4.29. The van der Waals surface area contributed by atoms with E-state index in [1.165, 1.54) is 0 Å². The minimum absolute atomic E-state index is 0.444. The van der Waals surface area contributed by atoms with E-state index in [0.717, 1.165) is 41.5 Å². The molecule has 0 fully saturated rings. The van der Waals surface area contributed by atoms with Crippen LogP contribution in [-0.4, -0.2) is 14.7 Å². The number of imidazole rings is 1. The van der Waals surface area contributed by atoms with E-state index in [2.05, 4.69) is 9.55 Å². The number of benzene rings is 1. The van der Waals surface area contributed by atoms with Crippen LogP contribution >= 0.6 is 11.6 Å². The lowest BCUT2D eigenvalue weighted by atomic mass is 10.1. The average molecular weight is 249 g/mol. The Balaban J connectivity index is 2.14. The molecule has 0 radical (unpaired) electrons. The molecule has 1 aliphatic rings. The first kappa shape index (κ1) is 10.8. The van der Waals surface area contributed by atoms with Gasteiger partial charge in [-0.25, -0.2) is 4.98 Å². The van der Waals surface area contributed by atoms with Gasteiger partial charge < -0.3 is 9.67 Å². The highest BCUT2D eigenvalue weighted by Crippen LogP contribution is 2.33. The molecule has 1 unspecified atom stereocenters. The molecular weight excluding hydrogens is 236 g/mol. The molecule has 3 nitrogen and oxygen atoms in total. The largest absolute Gasteiger partial charge is 0.385 e. The van der Waals surface area contributed by atoms with Gasteiger partial charge in [0.1, 0.15) is 11.9 Å². The molecule has 1 aliphatic heterocycles. The lowest BCUT2D eigenvalue weighted by Crippen LogP contribution is -2.16. The molecule has 88 valence electrons. The summed E-state index contributed by atoms with van der Waals surface area (Å²) < 4.78 is 2.06. The van der Waals surface area contributed by atoms with E-state index in [-0.39, 0.29) is 0 Å². The normalized spacial score (nSPS) is 19.1. The van der Waals surface area contributed by atoms with Gasteiger partial charge in [-0.1, -0.05) is 29.8 Å². The highest BCUT2D eigenvalue weighted by molar-refractivity contribution is 6.33. The zero-order chi connectivity index (χ0) is 11.8. The third-order valence-corrected chi connectivity index (χ3v) is 3.52. The third kappa shape index (κ3) is 1.75. The van der Waals surface area contributed by atoms with Crippen LogP contribution < -0.4 is 0 Å². The average Bonchev–Trinajstić information content (AvgIpc) is 2.75. The number of aliphatic hydroxyl groups is 1. The van der Waals surface area contributed by atoms with E-state index in [4.69, 9.17) is 11.6 Å². The van der Waals surface area contributed by atoms with E-state index in [9.17, 15) is 5.11 Å². The minimum atomic E-state index is -0.444. The Bertz CT molecular complexity index is 550. The Labute approximate surface area is 105 Å². The zero-order valence-electron chi connectivity index (χ0n) is 9.31. The summed E-state index contributed by atoms with van der Waals surface area (Å²) in [5.74, 6) is 0.756. The van der Waals surface area contributed by atoms with Gasteiger partial charge in [0.25, 0.3) is 0 Å². The number of halogens is 1. The second-order valence-corrected chi connectivity index (χ2v) is 4.70. The summed E-state index contributed by atoms with van der Waals surface area (Å²) in [5, 5.41) is 10.6. The van der Waals surface area contributed by atoms with Crippen molar-refractivity contribution in [3.05, 3.63) is 41.3 Å². The summed E-state index contributed by atoms with van der Waals surface area (Å²) in [5.41, 5.74) is 1.96. The molecule has 0 amide bonds. The number of rotatable bonds is 1. The van der Waals surface area contributed by atoms with Crippen molar-refractivity contribution in [3.8, 4) is 11.3 Å². The number of fused-ring (bicyclic) bond motifs is 1. The SMILES string of the molecule is OC1CCCn2c(-c3ccccc3Cl)cnc21. The van der Waals surface area contributed by atoms with E-state index in [0.29, 0.717) is 0 Å². The van der Waals surface area contributed by atoms with Crippen LogP contribution in [0.5, 0.6) is 0 Å². The lowest BCUT2D eigenvalue weighted by molar-refractivity contribution is 0.134. The number of hydrogen-bond acceptors (Lipinski definition) is 2. The van der Waals surface area contributed by atoms with Crippen LogP contribution in [-0.2, 0) is 6.54 Å². The van der Waals surface area contributed by atoms with Crippen molar-refractivity contribution in [3.63, 3.8) is 0 Å². The maximum atomic E-state index is 9.87. The predicted molar refractivity (Wildman–Crippen MR) is 66.9 cm³/mol. The number of aliphatic hydroxyl groups excluding tert-OH is 1. The van der Waals surface area contributed by atoms with Crippen molar-refractivity contribution < 1.29 is 5.11 Å². The monoisotopic (exact) mass is 248 g/mol. The Hall–Kier alpha value is -1.32. The minimum Gasteiger partial charge on any atom is -0.385 e. The summed E-state index contributed by atoms with van der Waals surface area (Å²) in [6.45, 7) is 0.896. The van der Waals surface area contributed by atoms with E-state index in [1.807, 2.05) is 24.3 Å². The number of hydrogen-bond donors (Lipinski definition) is 1. The summed E-state index contributed by atoms with van der Waals surface area (Å²) in [6, 6.07) is 7.72. The van der Waals surface area contributed by atoms with Crippen molar-refractivity contribution in [2.24, 2.45) is 0 Å². The Morgan fingerprint density at radius 3 is 3.00 bits per heavy atom. The van der Waals surface area contributed by atoms with Gasteiger partial charge in [-0.2, -0.15) is 0 Å². The number of aromatic nitrogens is 2. The van der Waals surface area contributed by atoms with Gasteiger partial charge in [0, 0.05) is 17.1 Å². The van der Waals surface area contributed by atoms with Gasteiger partial charge in [-0.3, -0.25) is 0 Å². The molecular formula is C13H13ClN2O. The first-order chi connectivity index (χ1) is 8.27. The smallest absolute Gasteiger partial charge is 0.138 e. The second kappa shape index (κ2) is 4.17. The first-order valence-electron chi connectivity index (χ1n) is 5.76. The van der Waals surface area contributed by atoms with Crippen molar-refractivity contribution >= 4 is 11.6 Å². The Morgan fingerprint density at radius 2 is 2.18 bits per heavy atom. The maximum Gasteiger partial charge on any atom is 0.138 e. The topological polar surface area (TPSA) is 38.0 Å². The van der Waals surface area contributed by atoms with Gasteiger partial charge in [0.05, 0.1) is 11.9 Å². The molecule has 0 saturated heterocycles. The van der Waals surface area contributed by atoms with Crippen LogP contribution in [0, 0.1) is 0 Å². The van der Waals surface area contributed by atoms with Crippen molar-refractivity contribution in [1.29, 1.82) is 0 Å². The summed E-state index contributed by atoms with van der Waals surface area (Å²) in [7, 11) is 0. The molecule has 0 bridgehead atoms. The molecule has 1 aromatic carbocycles. The van der Waals surface area contributed by atoms with Crippen LogP contribution in [0.4, 0.5) is 0 Å². The van der Waals surface area contributed by atoms with Crippen LogP contribution in [0.15, 0.2) is 30.5 Å². The van der Waals surface area contributed by atoms with Crippen LogP contribution in [0.3, 0.4) is 0 Å². The summed E-state index contributed by atoms with van der Waals surface area (Å²) >= 11 is 6.19. The highest BCUT2D eigenvalue weighted by Gasteiger charge is 2.22. The zero-order valence-corrected chi connectivity index (χ0v) is 10.1. The summed E-state index contributed by atoms with van der Waals surface area (Å²) in [4.78, 5) is 4.31. The maximum absolute atomic E-state index is 9.87. The lowest BCUT2D eigenvalue weighted by Gasteiger charge is -2.21. The standard InChI is InChI=1S/C13H13ClN2O/c14-10-5-2-1-4-9(10)11-8-15-13-12(17)6-3-7-16(11)13/h1-2,4-5,8,12,17H,3,6-7H2. The van der Waals surface area contributed by atoms with Crippen molar-refractivity contribution in [2.45, 2.75) is 25.5 Å². The van der Waals surface area contributed by atoms with E-state index in [1.54, 1.807) is 6.20 Å². The molecule has 1 N–H and O–H groups in total. The Morgan fingerprint density at radius 1 is 1.35 bits per heavy atom. The number of nitrogens with zero attached hydrogens (tertiary/aromatic N) is 2. The van der Waals surface area contributed by atoms with Gasteiger partial charge in [0.2, 0.25) is 0 Å². The van der Waals surface area contributed by atoms with Gasteiger partial charge in [-0.15, -0.1) is 0 Å². The van der Waals surface area contributed by atoms with Gasteiger partial charge >= 0.3 is 0 Å².